The van der Waals surface area contributed by atoms with Gasteiger partial charge in [-0.05, 0) is 98.2 Å². The van der Waals surface area contributed by atoms with Crippen LogP contribution in [0.15, 0.2) is 212 Å². The Kier molecular flexibility index (Phi) is 7.31. The minimum Gasteiger partial charge on any atom is -0.311 e. The van der Waals surface area contributed by atoms with Gasteiger partial charge in [0.05, 0.1) is 5.69 Å². The minimum atomic E-state index is 0.117. The first kappa shape index (κ1) is 31.4. The molecule has 3 heteroatoms. The third kappa shape index (κ3) is 5.12. The van der Waals surface area contributed by atoms with E-state index in [0.29, 0.717) is 0 Å². The van der Waals surface area contributed by atoms with Crippen LogP contribution in [0, 0.1) is 0 Å². The predicted octanol–water partition coefficient (Wildman–Crippen LogP) is 11.9. The number of fused-ring (bicyclic) bond motifs is 6. The molecule has 0 fully saturated rings. The molecule has 0 unspecified atom stereocenters. The van der Waals surface area contributed by atoms with Crippen molar-refractivity contribution < 1.29 is 0 Å². The largest absolute Gasteiger partial charge is 0.311 e. The van der Waals surface area contributed by atoms with Gasteiger partial charge in [-0.15, -0.1) is 0 Å². The Labute approximate surface area is 322 Å². The van der Waals surface area contributed by atoms with Crippen LogP contribution in [-0.4, -0.2) is 6.71 Å². The van der Waals surface area contributed by atoms with E-state index in [4.69, 9.17) is 0 Å². The molecule has 0 atom stereocenters. The molecule has 0 spiro atoms. The summed E-state index contributed by atoms with van der Waals surface area (Å²) in [7, 11) is 0. The zero-order chi connectivity index (χ0) is 36.3. The SMILES string of the molecule is c1ccc(-c2cccc(N3c4cc(-c5ccccc5)ccc4B4c5ccccc5-c5cc(N(c6ccccc6)c6cccc7ccccc67)cc3c54)c2)cc1. The Hall–Kier alpha value is -7.10. The van der Waals surface area contributed by atoms with E-state index in [1.807, 2.05) is 0 Å². The summed E-state index contributed by atoms with van der Waals surface area (Å²) in [6, 6.07) is 77.7. The normalized spacial score (nSPS) is 12.3. The summed E-state index contributed by atoms with van der Waals surface area (Å²) in [6.45, 7) is 0.117. The van der Waals surface area contributed by atoms with Crippen molar-refractivity contribution in [3.05, 3.63) is 212 Å². The third-order valence-electron chi connectivity index (χ3n) is 11.4. The maximum absolute atomic E-state index is 2.53. The number of para-hydroxylation sites is 1. The molecule has 2 aliphatic heterocycles. The van der Waals surface area contributed by atoms with Gasteiger partial charge in [0.25, 0.3) is 0 Å². The fourth-order valence-electron chi connectivity index (χ4n) is 9.00. The van der Waals surface area contributed by atoms with Crippen LogP contribution in [0.2, 0.25) is 0 Å². The highest BCUT2D eigenvalue weighted by Gasteiger charge is 2.43. The standard InChI is InChI=1S/C52H35BN2/c1-4-16-36(17-5-1)39-22-14-25-42(32-39)55-50-33-40(37-18-6-2-7-19-37)30-31-48(50)53-47-28-13-12-27-45(47)46-34-43(35-51(55)52(46)53)54(41-23-8-3-9-24-41)49-29-15-21-38-20-10-11-26-44(38)49/h1-35H. The molecule has 11 rings (SSSR count). The summed E-state index contributed by atoms with van der Waals surface area (Å²) in [5.74, 6) is 0. The highest BCUT2D eigenvalue weighted by Crippen LogP contribution is 2.47. The second-order valence-corrected chi connectivity index (χ2v) is 14.5. The first-order valence-corrected chi connectivity index (χ1v) is 19.1. The molecule has 0 aromatic heterocycles. The predicted molar refractivity (Wildman–Crippen MR) is 234 cm³/mol. The summed E-state index contributed by atoms with van der Waals surface area (Å²) >= 11 is 0. The first-order valence-electron chi connectivity index (χ1n) is 19.1. The summed E-state index contributed by atoms with van der Waals surface area (Å²) < 4.78 is 0. The Bertz CT molecular complexity index is 2880. The van der Waals surface area contributed by atoms with Crippen LogP contribution in [0.4, 0.5) is 34.1 Å². The van der Waals surface area contributed by atoms with Crippen molar-refractivity contribution in [1.82, 2.24) is 0 Å². The molecule has 0 saturated carbocycles. The lowest BCUT2D eigenvalue weighted by molar-refractivity contribution is 1.26. The van der Waals surface area contributed by atoms with Gasteiger partial charge in [-0.2, -0.15) is 0 Å². The van der Waals surface area contributed by atoms with Crippen LogP contribution in [0.1, 0.15) is 0 Å². The minimum absolute atomic E-state index is 0.117. The van der Waals surface area contributed by atoms with Gasteiger partial charge in [0.2, 0.25) is 6.71 Å². The van der Waals surface area contributed by atoms with E-state index in [1.54, 1.807) is 0 Å². The van der Waals surface area contributed by atoms with Crippen molar-refractivity contribution in [3.63, 3.8) is 0 Å². The number of nitrogens with zero attached hydrogens (tertiary/aromatic N) is 2. The van der Waals surface area contributed by atoms with Crippen LogP contribution in [0.3, 0.4) is 0 Å². The van der Waals surface area contributed by atoms with Crippen LogP contribution in [0.25, 0.3) is 44.2 Å². The Balaban J connectivity index is 1.22. The molecule has 9 aromatic carbocycles. The molecular weight excluding hydrogens is 663 g/mol. The third-order valence-corrected chi connectivity index (χ3v) is 11.4. The van der Waals surface area contributed by atoms with Crippen LogP contribution in [-0.2, 0) is 0 Å². The molecule has 0 saturated heterocycles. The van der Waals surface area contributed by atoms with Crippen LogP contribution in [0.5, 0.6) is 0 Å². The van der Waals surface area contributed by atoms with Crippen molar-refractivity contribution in [2.24, 2.45) is 0 Å². The van der Waals surface area contributed by atoms with Crippen LogP contribution >= 0.6 is 0 Å². The Morgan fingerprint density at radius 2 is 1.02 bits per heavy atom. The maximum atomic E-state index is 2.53. The molecule has 0 radical (unpaired) electrons. The molecule has 2 aliphatic rings. The van der Waals surface area contributed by atoms with Crippen molar-refractivity contribution in [1.29, 1.82) is 0 Å². The molecule has 2 heterocycles. The van der Waals surface area contributed by atoms with Gasteiger partial charge in [0, 0.05) is 33.8 Å². The molecule has 0 N–H and O–H groups in total. The van der Waals surface area contributed by atoms with Crippen molar-refractivity contribution in [2.75, 3.05) is 9.80 Å². The van der Waals surface area contributed by atoms with E-state index in [2.05, 4.69) is 222 Å². The van der Waals surface area contributed by atoms with E-state index in [9.17, 15) is 0 Å². The van der Waals surface area contributed by atoms with E-state index in [1.165, 1.54) is 71.9 Å². The molecule has 55 heavy (non-hydrogen) atoms. The second-order valence-electron chi connectivity index (χ2n) is 14.5. The Morgan fingerprint density at radius 3 is 1.82 bits per heavy atom. The maximum Gasteiger partial charge on any atom is 0.248 e. The van der Waals surface area contributed by atoms with Crippen LogP contribution < -0.4 is 26.2 Å². The average Bonchev–Trinajstić information content (AvgIpc) is 3.60. The second kappa shape index (κ2) is 12.8. The van der Waals surface area contributed by atoms with Gasteiger partial charge in [-0.25, -0.2) is 0 Å². The summed E-state index contributed by atoms with van der Waals surface area (Å²) in [5.41, 5.74) is 18.4. The van der Waals surface area contributed by atoms with Gasteiger partial charge >= 0.3 is 0 Å². The topological polar surface area (TPSA) is 6.48 Å². The molecule has 0 amide bonds. The Morgan fingerprint density at radius 1 is 0.382 bits per heavy atom. The zero-order valence-corrected chi connectivity index (χ0v) is 30.2. The molecule has 256 valence electrons. The number of benzene rings is 9. The molecular formula is C52H35BN2. The zero-order valence-electron chi connectivity index (χ0n) is 30.2. The lowest BCUT2D eigenvalue weighted by atomic mass is 9.37. The summed E-state index contributed by atoms with van der Waals surface area (Å²) in [4.78, 5) is 4.98. The fourth-order valence-corrected chi connectivity index (χ4v) is 9.00. The molecule has 9 aromatic rings. The van der Waals surface area contributed by atoms with Crippen molar-refractivity contribution in [2.45, 2.75) is 0 Å². The number of hydrogen-bond donors (Lipinski definition) is 0. The summed E-state index contributed by atoms with van der Waals surface area (Å²) in [5, 5.41) is 2.43. The molecule has 0 aliphatic carbocycles. The van der Waals surface area contributed by atoms with Gasteiger partial charge in [0.15, 0.2) is 0 Å². The highest BCUT2D eigenvalue weighted by atomic mass is 15.2. The van der Waals surface area contributed by atoms with Gasteiger partial charge in [-0.3, -0.25) is 0 Å². The number of hydrogen-bond acceptors (Lipinski definition) is 2. The van der Waals surface area contributed by atoms with Gasteiger partial charge in [0.1, 0.15) is 0 Å². The molecule has 0 bridgehead atoms. The number of anilines is 6. The molecule has 2 nitrogen and oxygen atoms in total. The van der Waals surface area contributed by atoms with Crippen molar-refractivity contribution >= 4 is 68.0 Å². The average molecular weight is 699 g/mol. The van der Waals surface area contributed by atoms with E-state index < -0.39 is 0 Å². The smallest absolute Gasteiger partial charge is 0.248 e. The highest BCUT2D eigenvalue weighted by molar-refractivity contribution is 7.01. The monoisotopic (exact) mass is 698 g/mol. The van der Waals surface area contributed by atoms with Gasteiger partial charge in [-0.1, -0.05) is 169 Å². The lowest BCUT2D eigenvalue weighted by Gasteiger charge is -2.38. The fraction of sp³-hybridized carbons (Fsp3) is 0. The van der Waals surface area contributed by atoms with E-state index in [-0.39, 0.29) is 6.71 Å². The first-order chi connectivity index (χ1) is 27.3. The van der Waals surface area contributed by atoms with E-state index >= 15 is 0 Å². The quantitative estimate of drug-likeness (QED) is 0.160. The number of rotatable bonds is 6. The van der Waals surface area contributed by atoms with Crippen molar-refractivity contribution in [3.8, 4) is 33.4 Å². The summed E-state index contributed by atoms with van der Waals surface area (Å²) in [6.07, 6.45) is 0. The van der Waals surface area contributed by atoms with E-state index in [0.717, 1.165) is 22.7 Å². The van der Waals surface area contributed by atoms with Gasteiger partial charge < -0.3 is 9.80 Å². The lowest BCUT2D eigenvalue weighted by Crippen LogP contribution is -2.54.